The molecule has 3 rings (SSSR count). The number of hydrogen-bond acceptors (Lipinski definition) is 1. The predicted octanol–water partition coefficient (Wildman–Crippen LogP) is 4.73. The van der Waals surface area contributed by atoms with E-state index in [9.17, 15) is 0 Å². The number of ether oxygens (including phenoxy) is 1. The Morgan fingerprint density at radius 1 is 0.688 bits per heavy atom. The van der Waals surface area contributed by atoms with Crippen molar-refractivity contribution in [2.24, 2.45) is 0 Å². The minimum absolute atomic E-state index is 0.0420. The van der Waals surface area contributed by atoms with Crippen LogP contribution in [-0.2, 0) is 4.74 Å². The molecule has 0 aromatic carbocycles. The molecule has 0 N–H and O–H groups in total. The Balaban J connectivity index is 2.41. The lowest BCUT2D eigenvalue weighted by molar-refractivity contribution is 0.250. The molecule has 1 heterocycles. The minimum atomic E-state index is -1.76. The lowest BCUT2D eigenvalue weighted by Crippen LogP contribution is -2.50. The fraction of sp³-hybridized carbons (Fsp3) is 0.714. The van der Waals surface area contributed by atoms with Crippen LogP contribution in [0.5, 0.6) is 0 Å². The fourth-order valence-corrected chi connectivity index (χ4v) is 6.57. The maximum atomic E-state index is 6.28. The zero-order valence-corrected chi connectivity index (χ0v) is 13.0. The Hall–Kier alpha value is 2.02. The molecule has 1 saturated heterocycles. The van der Waals surface area contributed by atoms with Gasteiger partial charge < -0.3 is 4.74 Å². The smallest absolute Gasteiger partial charge is 0.216 e. The van der Waals surface area contributed by atoms with Gasteiger partial charge in [-0.15, -0.1) is 23.2 Å². The summed E-state index contributed by atoms with van der Waals surface area (Å²) in [5.41, 5.74) is 0. The molecule has 1 nitrogen and oxygen atoms in total. The second kappa shape index (κ2) is 2.87. The molecule has 9 heteroatoms. The molecule has 0 aromatic heterocycles. The molecule has 90 valence electrons. The van der Waals surface area contributed by atoms with Crippen molar-refractivity contribution >= 4 is 92.8 Å². The van der Waals surface area contributed by atoms with E-state index in [0.717, 1.165) is 0 Å². The van der Waals surface area contributed by atoms with Crippen molar-refractivity contribution in [3.63, 3.8) is 0 Å². The molecule has 0 radical (unpaired) electrons. The van der Waals surface area contributed by atoms with Crippen molar-refractivity contribution in [3.8, 4) is 0 Å². The molecule has 0 unspecified atom stereocenters. The molecule has 2 fully saturated rings. The van der Waals surface area contributed by atoms with Crippen molar-refractivity contribution in [1.29, 1.82) is 0 Å². The van der Waals surface area contributed by atoms with Crippen LogP contribution in [0.25, 0.3) is 0 Å². The second-order valence-corrected chi connectivity index (χ2v) is 8.09. The number of rotatable bonds is 0. The fourth-order valence-electron chi connectivity index (χ4n) is 2.25. The van der Waals surface area contributed by atoms with E-state index in [1.165, 1.54) is 0 Å². The van der Waals surface area contributed by atoms with Gasteiger partial charge in [-0.1, -0.05) is 69.6 Å². The van der Waals surface area contributed by atoms with Gasteiger partial charge in [0, 0.05) is 0 Å². The zero-order valence-electron chi connectivity index (χ0n) is 6.93. The topological polar surface area (TPSA) is 12.5 Å². The van der Waals surface area contributed by atoms with Crippen LogP contribution in [0.1, 0.15) is 0 Å². The second-order valence-electron chi connectivity index (χ2n) is 3.81. The summed E-state index contributed by atoms with van der Waals surface area (Å²) in [6.07, 6.45) is 0. The predicted molar refractivity (Wildman–Crippen MR) is 68.6 cm³/mol. The Kier molecular flexibility index (Phi) is 2.34. The Labute approximate surface area is 131 Å². The highest BCUT2D eigenvalue weighted by Crippen LogP contribution is 2.89. The maximum Gasteiger partial charge on any atom is 0.216 e. The lowest BCUT2D eigenvalue weighted by atomic mass is 10.1. The standard InChI is InChI=1S/C7Cl8O/c8-1-2(9)4(11)5(12,13)3(1,10)6(14)7(4,15)16-6/t3-,4-,6-,7+/m1/s1. The SMILES string of the molecule is ClC1=C(Cl)[C@@]2(Cl)C(Cl)(Cl)[C@@]1(Cl)[C@@]1(Cl)O[C@]12Cl. The van der Waals surface area contributed by atoms with Crippen molar-refractivity contribution in [2.45, 2.75) is 24.2 Å². The van der Waals surface area contributed by atoms with Gasteiger partial charge in [0.15, 0.2) is 14.1 Å². The zero-order chi connectivity index (χ0) is 12.4. The normalized spacial score (nSPS) is 61.5. The van der Waals surface area contributed by atoms with E-state index in [1.807, 2.05) is 0 Å². The maximum absolute atomic E-state index is 6.28. The van der Waals surface area contributed by atoms with E-state index >= 15 is 0 Å². The first kappa shape index (κ1) is 13.0. The Morgan fingerprint density at radius 2 is 1.00 bits per heavy atom. The summed E-state index contributed by atoms with van der Waals surface area (Å²) < 4.78 is 3.42. The lowest BCUT2D eigenvalue weighted by Gasteiger charge is -2.35. The van der Waals surface area contributed by atoms with Crippen LogP contribution in [0, 0.1) is 0 Å². The third kappa shape index (κ3) is 0.805. The van der Waals surface area contributed by atoms with Crippen molar-refractivity contribution < 1.29 is 4.74 Å². The first-order valence-electron chi connectivity index (χ1n) is 3.92. The number of hydrogen-bond donors (Lipinski definition) is 0. The molecule has 2 bridgehead atoms. The highest BCUT2D eigenvalue weighted by Gasteiger charge is 3.03. The van der Waals surface area contributed by atoms with E-state index < -0.39 is 24.2 Å². The first-order valence-corrected chi connectivity index (χ1v) is 6.94. The third-order valence-electron chi connectivity index (χ3n) is 3.20. The summed E-state index contributed by atoms with van der Waals surface area (Å²) in [6, 6.07) is 0. The average molecular weight is 384 g/mol. The van der Waals surface area contributed by atoms with Gasteiger partial charge in [-0.25, -0.2) is 0 Å². The van der Waals surface area contributed by atoms with Gasteiger partial charge in [-0.2, -0.15) is 0 Å². The van der Waals surface area contributed by atoms with Gasteiger partial charge in [-0.3, -0.25) is 0 Å². The van der Waals surface area contributed by atoms with Crippen LogP contribution < -0.4 is 0 Å². The van der Waals surface area contributed by atoms with E-state index in [-0.39, 0.29) is 10.1 Å². The van der Waals surface area contributed by atoms with Crippen LogP contribution in [0.2, 0.25) is 0 Å². The van der Waals surface area contributed by atoms with Crippen molar-refractivity contribution in [1.82, 2.24) is 0 Å². The molecular weight excluding hydrogens is 384 g/mol. The average Bonchev–Trinajstić information content (AvgIpc) is 2.73. The highest BCUT2D eigenvalue weighted by molar-refractivity contribution is 6.70. The minimum Gasteiger partial charge on any atom is -0.324 e. The monoisotopic (exact) mass is 380 g/mol. The molecule has 3 aliphatic rings. The van der Waals surface area contributed by atoms with Gasteiger partial charge >= 0.3 is 0 Å². The summed E-state index contributed by atoms with van der Waals surface area (Å²) in [5, 5.41) is -3.22. The van der Waals surface area contributed by atoms with Gasteiger partial charge in [0.2, 0.25) is 10.1 Å². The van der Waals surface area contributed by atoms with E-state index in [1.54, 1.807) is 0 Å². The first-order chi connectivity index (χ1) is 7.02. The largest absolute Gasteiger partial charge is 0.324 e. The van der Waals surface area contributed by atoms with Crippen LogP contribution in [0.3, 0.4) is 0 Å². The third-order valence-corrected chi connectivity index (χ3v) is 8.98. The quantitative estimate of drug-likeness (QED) is 0.435. The molecule has 0 amide bonds. The highest BCUT2D eigenvalue weighted by atomic mass is 35.5. The molecule has 16 heavy (non-hydrogen) atoms. The summed E-state index contributed by atoms with van der Waals surface area (Å²) in [6.45, 7) is 0. The molecular formula is C7Cl8O. The van der Waals surface area contributed by atoms with E-state index in [2.05, 4.69) is 0 Å². The number of epoxide rings is 1. The van der Waals surface area contributed by atoms with Crippen LogP contribution in [-0.4, -0.2) is 24.2 Å². The van der Waals surface area contributed by atoms with Crippen LogP contribution in [0.4, 0.5) is 0 Å². The number of halogens is 8. The van der Waals surface area contributed by atoms with Crippen LogP contribution in [0.15, 0.2) is 10.1 Å². The Morgan fingerprint density at radius 3 is 1.25 bits per heavy atom. The van der Waals surface area contributed by atoms with Crippen molar-refractivity contribution in [2.75, 3.05) is 0 Å². The number of alkyl halides is 6. The molecule has 0 spiro atoms. The summed E-state index contributed by atoms with van der Waals surface area (Å²) >= 11 is 49.1. The summed E-state index contributed by atoms with van der Waals surface area (Å²) in [7, 11) is 0. The molecule has 2 aliphatic carbocycles. The Bertz CT molecular complexity index is 423. The van der Waals surface area contributed by atoms with Gasteiger partial charge in [-0.05, 0) is 0 Å². The summed E-state index contributed by atoms with van der Waals surface area (Å²) in [5.74, 6) is 0. The molecule has 0 aromatic rings. The van der Waals surface area contributed by atoms with E-state index in [0.29, 0.717) is 0 Å². The van der Waals surface area contributed by atoms with Crippen molar-refractivity contribution in [3.05, 3.63) is 10.1 Å². The van der Waals surface area contributed by atoms with Gasteiger partial charge in [0.05, 0.1) is 10.1 Å². The van der Waals surface area contributed by atoms with Gasteiger partial charge in [0.1, 0.15) is 0 Å². The van der Waals surface area contributed by atoms with Gasteiger partial charge in [0.25, 0.3) is 0 Å². The number of fused-ring (bicyclic) bond motifs is 5. The van der Waals surface area contributed by atoms with E-state index in [4.69, 9.17) is 97.5 Å². The molecule has 4 atom stereocenters. The molecule has 1 aliphatic heterocycles. The van der Waals surface area contributed by atoms with Crippen LogP contribution >= 0.6 is 92.8 Å². The summed E-state index contributed by atoms with van der Waals surface area (Å²) in [4.78, 5) is -3.35. The molecule has 1 saturated carbocycles.